The van der Waals surface area contributed by atoms with E-state index in [-0.39, 0.29) is 17.9 Å². The van der Waals surface area contributed by atoms with Crippen molar-refractivity contribution < 1.29 is 9.59 Å². The highest BCUT2D eigenvalue weighted by Crippen LogP contribution is 2.19. The molecule has 96 valence electrons. The van der Waals surface area contributed by atoms with Gasteiger partial charge in [-0.2, -0.15) is 0 Å². The SMILES string of the molecule is Cc1ccc(NC(=O)C2CCC(=O)N2C)cc1C. The highest BCUT2D eigenvalue weighted by molar-refractivity contribution is 5.98. The molecule has 4 heteroatoms. The lowest BCUT2D eigenvalue weighted by Gasteiger charge is -2.19. The predicted molar refractivity (Wildman–Crippen MR) is 70.3 cm³/mol. The molecule has 1 unspecified atom stereocenters. The molecule has 1 atom stereocenters. The van der Waals surface area contributed by atoms with Crippen LogP contribution >= 0.6 is 0 Å². The van der Waals surface area contributed by atoms with Gasteiger partial charge in [-0.05, 0) is 43.5 Å². The van der Waals surface area contributed by atoms with Crippen LogP contribution in [0.25, 0.3) is 0 Å². The average molecular weight is 246 g/mol. The number of likely N-dealkylation sites (N-methyl/N-ethyl adjacent to an activating group) is 1. The Hall–Kier alpha value is -1.84. The third kappa shape index (κ3) is 2.37. The minimum absolute atomic E-state index is 0.0373. The summed E-state index contributed by atoms with van der Waals surface area (Å²) in [4.78, 5) is 25.0. The second-order valence-electron chi connectivity index (χ2n) is 4.85. The van der Waals surface area contributed by atoms with Crippen LogP contribution in [0.2, 0.25) is 0 Å². The number of hydrogen-bond donors (Lipinski definition) is 1. The number of aryl methyl sites for hydroxylation is 2. The van der Waals surface area contributed by atoms with Crippen LogP contribution in [0.4, 0.5) is 5.69 Å². The lowest BCUT2D eigenvalue weighted by Crippen LogP contribution is -2.38. The van der Waals surface area contributed by atoms with Crippen LogP contribution in [0.1, 0.15) is 24.0 Å². The fraction of sp³-hybridized carbons (Fsp3) is 0.429. The fourth-order valence-corrected chi connectivity index (χ4v) is 2.16. The van der Waals surface area contributed by atoms with Crippen molar-refractivity contribution >= 4 is 17.5 Å². The molecular formula is C14H18N2O2. The van der Waals surface area contributed by atoms with Gasteiger partial charge in [0.05, 0.1) is 0 Å². The summed E-state index contributed by atoms with van der Waals surface area (Å²) in [5, 5.41) is 2.87. The molecule has 1 aliphatic heterocycles. The summed E-state index contributed by atoms with van der Waals surface area (Å²) in [5.74, 6) is -0.0677. The average Bonchev–Trinajstić information content (AvgIpc) is 2.65. The fourth-order valence-electron chi connectivity index (χ4n) is 2.16. The minimum Gasteiger partial charge on any atom is -0.334 e. The summed E-state index contributed by atoms with van der Waals surface area (Å²) in [7, 11) is 1.68. The Morgan fingerprint density at radius 1 is 1.33 bits per heavy atom. The molecule has 2 rings (SSSR count). The quantitative estimate of drug-likeness (QED) is 0.866. The Balaban J connectivity index is 2.07. The molecule has 1 fully saturated rings. The monoisotopic (exact) mass is 246 g/mol. The van der Waals surface area contributed by atoms with Crippen molar-refractivity contribution in [3.8, 4) is 0 Å². The number of carbonyl (C=O) groups excluding carboxylic acids is 2. The van der Waals surface area contributed by atoms with E-state index >= 15 is 0 Å². The molecule has 0 aromatic heterocycles. The molecule has 0 bridgehead atoms. The van der Waals surface area contributed by atoms with Gasteiger partial charge in [0.15, 0.2) is 0 Å². The van der Waals surface area contributed by atoms with Crippen LogP contribution in [0.3, 0.4) is 0 Å². The van der Waals surface area contributed by atoms with E-state index in [4.69, 9.17) is 0 Å². The van der Waals surface area contributed by atoms with Gasteiger partial charge in [-0.3, -0.25) is 9.59 Å². The molecule has 1 N–H and O–H groups in total. The molecule has 4 nitrogen and oxygen atoms in total. The summed E-state index contributed by atoms with van der Waals surface area (Å²) in [6.45, 7) is 4.04. The Labute approximate surface area is 107 Å². The van der Waals surface area contributed by atoms with E-state index in [2.05, 4.69) is 5.32 Å². The largest absolute Gasteiger partial charge is 0.334 e. The summed E-state index contributed by atoms with van der Waals surface area (Å²) in [5.41, 5.74) is 3.13. The zero-order valence-corrected chi connectivity index (χ0v) is 11.0. The van der Waals surface area contributed by atoms with Crippen molar-refractivity contribution in [3.05, 3.63) is 29.3 Å². The first-order valence-electron chi connectivity index (χ1n) is 6.13. The van der Waals surface area contributed by atoms with E-state index in [1.807, 2.05) is 32.0 Å². The standard InChI is InChI=1S/C14H18N2O2/c1-9-4-5-11(8-10(9)2)15-14(18)12-6-7-13(17)16(12)3/h4-5,8,12H,6-7H2,1-3H3,(H,15,18). The number of nitrogens with one attached hydrogen (secondary N) is 1. The van der Waals surface area contributed by atoms with Crippen LogP contribution < -0.4 is 5.32 Å². The molecule has 2 amide bonds. The van der Waals surface area contributed by atoms with E-state index in [9.17, 15) is 9.59 Å². The van der Waals surface area contributed by atoms with Gasteiger partial charge in [0.2, 0.25) is 11.8 Å². The molecule has 1 heterocycles. The van der Waals surface area contributed by atoms with Gasteiger partial charge >= 0.3 is 0 Å². The lowest BCUT2D eigenvalue weighted by atomic mass is 10.1. The molecule has 1 aromatic rings. The summed E-state index contributed by atoms with van der Waals surface area (Å²) in [6, 6.07) is 5.48. The summed E-state index contributed by atoms with van der Waals surface area (Å²) in [6.07, 6.45) is 1.06. The topological polar surface area (TPSA) is 49.4 Å². The van der Waals surface area contributed by atoms with E-state index in [0.717, 1.165) is 11.3 Å². The van der Waals surface area contributed by atoms with Gasteiger partial charge in [0.25, 0.3) is 0 Å². The maximum Gasteiger partial charge on any atom is 0.247 e. The maximum atomic E-state index is 12.1. The molecule has 1 aliphatic rings. The van der Waals surface area contributed by atoms with Crippen molar-refractivity contribution in [2.75, 3.05) is 12.4 Å². The molecule has 1 saturated heterocycles. The van der Waals surface area contributed by atoms with Crippen molar-refractivity contribution in [1.29, 1.82) is 0 Å². The van der Waals surface area contributed by atoms with E-state index < -0.39 is 0 Å². The molecule has 0 saturated carbocycles. The number of nitrogens with zero attached hydrogens (tertiary/aromatic N) is 1. The van der Waals surface area contributed by atoms with Gasteiger partial charge in [0.1, 0.15) is 6.04 Å². The second kappa shape index (κ2) is 4.80. The van der Waals surface area contributed by atoms with Crippen LogP contribution in [-0.4, -0.2) is 29.8 Å². The number of anilines is 1. The van der Waals surface area contributed by atoms with Crippen LogP contribution in [0.5, 0.6) is 0 Å². The van der Waals surface area contributed by atoms with Gasteiger partial charge in [-0.15, -0.1) is 0 Å². The van der Waals surface area contributed by atoms with Crippen molar-refractivity contribution in [2.24, 2.45) is 0 Å². The normalized spacial score (nSPS) is 19.2. The molecule has 18 heavy (non-hydrogen) atoms. The summed E-state index contributed by atoms with van der Waals surface area (Å²) >= 11 is 0. The Morgan fingerprint density at radius 3 is 2.61 bits per heavy atom. The summed E-state index contributed by atoms with van der Waals surface area (Å²) < 4.78 is 0. The van der Waals surface area contributed by atoms with E-state index in [1.165, 1.54) is 10.5 Å². The maximum absolute atomic E-state index is 12.1. The molecule has 0 radical (unpaired) electrons. The van der Waals surface area contributed by atoms with Crippen LogP contribution in [-0.2, 0) is 9.59 Å². The number of hydrogen-bond acceptors (Lipinski definition) is 2. The first kappa shape index (κ1) is 12.6. The van der Waals surface area contributed by atoms with Crippen molar-refractivity contribution in [2.45, 2.75) is 32.7 Å². The van der Waals surface area contributed by atoms with Gasteiger partial charge < -0.3 is 10.2 Å². The number of benzene rings is 1. The second-order valence-corrected chi connectivity index (χ2v) is 4.85. The number of carbonyl (C=O) groups is 2. The lowest BCUT2D eigenvalue weighted by molar-refractivity contribution is -0.131. The third-order valence-electron chi connectivity index (χ3n) is 3.57. The van der Waals surface area contributed by atoms with E-state index in [0.29, 0.717) is 12.8 Å². The van der Waals surface area contributed by atoms with Crippen molar-refractivity contribution in [1.82, 2.24) is 4.90 Å². The third-order valence-corrected chi connectivity index (χ3v) is 3.57. The first-order chi connectivity index (χ1) is 8.49. The first-order valence-corrected chi connectivity index (χ1v) is 6.13. The Morgan fingerprint density at radius 2 is 2.06 bits per heavy atom. The van der Waals surface area contributed by atoms with Crippen LogP contribution in [0, 0.1) is 13.8 Å². The molecule has 0 spiro atoms. The number of rotatable bonds is 2. The molecule has 0 aliphatic carbocycles. The Kier molecular flexibility index (Phi) is 3.36. The smallest absolute Gasteiger partial charge is 0.247 e. The number of amides is 2. The minimum atomic E-state index is -0.334. The zero-order valence-electron chi connectivity index (χ0n) is 11.0. The van der Waals surface area contributed by atoms with Crippen LogP contribution in [0.15, 0.2) is 18.2 Å². The molecular weight excluding hydrogens is 228 g/mol. The van der Waals surface area contributed by atoms with E-state index in [1.54, 1.807) is 7.05 Å². The predicted octanol–water partition coefficient (Wildman–Crippen LogP) is 1.86. The van der Waals surface area contributed by atoms with Gasteiger partial charge in [0, 0.05) is 19.2 Å². The van der Waals surface area contributed by atoms with Crippen molar-refractivity contribution in [3.63, 3.8) is 0 Å². The zero-order chi connectivity index (χ0) is 13.3. The van der Waals surface area contributed by atoms with Gasteiger partial charge in [-0.1, -0.05) is 6.07 Å². The highest BCUT2D eigenvalue weighted by atomic mass is 16.2. The molecule has 1 aromatic carbocycles. The Bertz CT molecular complexity index is 497. The number of likely N-dealkylation sites (tertiary alicyclic amines) is 1. The van der Waals surface area contributed by atoms with Gasteiger partial charge in [-0.25, -0.2) is 0 Å². The highest BCUT2D eigenvalue weighted by Gasteiger charge is 2.33.